The zero-order valence-corrected chi connectivity index (χ0v) is 8.51. The van der Waals surface area contributed by atoms with Gasteiger partial charge in [0.15, 0.2) is 0 Å². The van der Waals surface area contributed by atoms with Gasteiger partial charge in [-0.25, -0.2) is 9.59 Å². The molecule has 5 nitrogen and oxygen atoms in total. The van der Waals surface area contributed by atoms with Gasteiger partial charge < -0.3 is 10.2 Å². The van der Waals surface area contributed by atoms with Crippen molar-refractivity contribution in [1.29, 1.82) is 0 Å². The summed E-state index contributed by atoms with van der Waals surface area (Å²) in [5.74, 6) is -4.25. The van der Waals surface area contributed by atoms with Gasteiger partial charge in [0.05, 0.1) is 11.5 Å². The van der Waals surface area contributed by atoms with E-state index >= 15 is 0 Å². The number of carboxylic acid groups (broad SMARTS) is 2. The van der Waals surface area contributed by atoms with Crippen molar-refractivity contribution in [2.75, 3.05) is 0 Å². The van der Waals surface area contributed by atoms with Crippen LogP contribution >= 0.6 is 0 Å². The van der Waals surface area contributed by atoms with Crippen molar-refractivity contribution in [3.05, 3.63) is 35.4 Å². The lowest BCUT2D eigenvalue weighted by Gasteiger charge is -2.07. The first-order valence-electron chi connectivity index (χ1n) is 4.54. The minimum Gasteiger partial charge on any atom is -0.478 e. The molecule has 0 aliphatic rings. The Morgan fingerprint density at radius 2 is 1.56 bits per heavy atom. The van der Waals surface area contributed by atoms with Crippen molar-refractivity contribution in [3.8, 4) is 0 Å². The number of carbonyl (C=O) groups is 3. The van der Waals surface area contributed by atoms with Gasteiger partial charge in [0.25, 0.3) is 0 Å². The van der Waals surface area contributed by atoms with Crippen LogP contribution in [0, 0.1) is 0 Å². The van der Waals surface area contributed by atoms with Crippen LogP contribution in [0.5, 0.6) is 0 Å². The molecule has 5 heteroatoms. The van der Waals surface area contributed by atoms with E-state index < -0.39 is 23.6 Å². The maximum Gasteiger partial charge on any atom is 0.372 e. The van der Waals surface area contributed by atoms with Crippen LogP contribution in [0.15, 0.2) is 24.3 Å². The summed E-state index contributed by atoms with van der Waals surface area (Å²) in [4.78, 5) is 32.2. The minimum absolute atomic E-state index is 0.0960. The van der Waals surface area contributed by atoms with Crippen LogP contribution in [-0.2, 0) is 9.59 Å². The highest BCUT2D eigenvalue weighted by atomic mass is 16.4. The maximum absolute atomic E-state index is 11.1. The molecule has 1 unspecified atom stereocenters. The molecule has 0 saturated carbocycles. The van der Waals surface area contributed by atoms with E-state index in [2.05, 4.69) is 0 Å². The van der Waals surface area contributed by atoms with Gasteiger partial charge in [-0.05, 0) is 17.7 Å². The summed E-state index contributed by atoms with van der Waals surface area (Å²) in [6, 6.07) is 5.55. The van der Waals surface area contributed by atoms with Crippen molar-refractivity contribution in [3.63, 3.8) is 0 Å². The SMILES string of the molecule is CC(C(=O)C(=O)O)c1ccc(C(=O)O)cc1. The summed E-state index contributed by atoms with van der Waals surface area (Å²) < 4.78 is 0. The fraction of sp³-hybridized carbons (Fsp3) is 0.182. The van der Waals surface area contributed by atoms with Crippen LogP contribution in [0.3, 0.4) is 0 Å². The summed E-state index contributed by atoms with van der Waals surface area (Å²) in [6.07, 6.45) is 0. The summed E-state index contributed by atoms with van der Waals surface area (Å²) >= 11 is 0. The number of rotatable bonds is 4. The lowest BCUT2D eigenvalue weighted by molar-refractivity contribution is -0.149. The van der Waals surface area contributed by atoms with Crippen LogP contribution in [-0.4, -0.2) is 27.9 Å². The Morgan fingerprint density at radius 1 is 1.06 bits per heavy atom. The molecule has 0 spiro atoms. The molecule has 16 heavy (non-hydrogen) atoms. The number of hydrogen-bond donors (Lipinski definition) is 2. The predicted octanol–water partition coefficient (Wildman–Crippen LogP) is 1.14. The largest absolute Gasteiger partial charge is 0.478 e. The molecule has 0 fully saturated rings. The number of hydrogen-bond acceptors (Lipinski definition) is 3. The number of carboxylic acids is 2. The van der Waals surface area contributed by atoms with Gasteiger partial charge in [-0.15, -0.1) is 0 Å². The number of benzene rings is 1. The molecular weight excluding hydrogens is 212 g/mol. The lowest BCUT2D eigenvalue weighted by atomic mass is 9.96. The third-order valence-electron chi connectivity index (χ3n) is 2.26. The second-order valence-corrected chi connectivity index (χ2v) is 3.32. The van der Waals surface area contributed by atoms with Gasteiger partial charge in [-0.1, -0.05) is 19.1 Å². The number of ketones is 1. The Labute approximate surface area is 91.3 Å². The molecule has 0 aliphatic carbocycles. The summed E-state index contributed by atoms with van der Waals surface area (Å²) in [6.45, 7) is 1.46. The van der Waals surface area contributed by atoms with Gasteiger partial charge in [0.2, 0.25) is 5.78 Å². The Hall–Kier alpha value is -2.17. The van der Waals surface area contributed by atoms with Crippen molar-refractivity contribution in [2.45, 2.75) is 12.8 Å². The summed E-state index contributed by atoms with van der Waals surface area (Å²) in [5, 5.41) is 17.2. The Kier molecular flexibility index (Phi) is 3.40. The predicted molar refractivity (Wildman–Crippen MR) is 54.5 cm³/mol. The van der Waals surface area contributed by atoms with Gasteiger partial charge in [-0.2, -0.15) is 0 Å². The van der Waals surface area contributed by atoms with Crippen LogP contribution in [0.2, 0.25) is 0 Å². The first-order valence-corrected chi connectivity index (χ1v) is 4.54. The summed E-state index contributed by atoms with van der Waals surface area (Å²) in [5.41, 5.74) is 0.580. The van der Waals surface area contributed by atoms with Crippen LogP contribution in [0.4, 0.5) is 0 Å². The van der Waals surface area contributed by atoms with Crippen LogP contribution < -0.4 is 0 Å². The molecule has 1 rings (SSSR count). The fourth-order valence-electron chi connectivity index (χ4n) is 1.25. The summed E-state index contributed by atoms with van der Waals surface area (Å²) in [7, 11) is 0. The highest BCUT2D eigenvalue weighted by Gasteiger charge is 2.21. The Morgan fingerprint density at radius 3 is 1.94 bits per heavy atom. The molecule has 0 saturated heterocycles. The van der Waals surface area contributed by atoms with Gasteiger partial charge >= 0.3 is 11.9 Å². The molecule has 1 aromatic rings. The second kappa shape index (κ2) is 4.57. The molecule has 0 aliphatic heterocycles. The van der Waals surface area contributed by atoms with Crippen molar-refractivity contribution in [2.24, 2.45) is 0 Å². The molecule has 0 radical (unpaired) electrons. The van der Waals surface area contributed by atoms with E-state index in [1.807, 2.05) is 0 Å². The van der Waals surface area contributed by atoms with E-state index in [9.17, 15) is 14.4 Å². The number of aromatic carboxylic acids is 1. The molecule has 0 amide bonds. The van der Waals surface area contributed by atoms with E-state index in [1.54, 1.807) is 0 Å². The van der Waals surface area contributed by atoms with E-state index in [0.717, 1.165) is 0 Å². The molecule has 1 aromatic carbocycles. The average Bonchev–Trinajstić information content (AvgIpc) is 2.27. The highest BCUT2D eigenvalue weighted by molar-refractivity contribution is 6.34. The first kappa shape index (κ1) is 11.9. The minimum atomic E-state index is -1.49. The maximum atomic E-state index is 11.1. The lowest BCUT2D eigenvalue weighted by Crippen LogP contribution is -2.19. The molecule has 0 bridgehead atoms. The number of Topliss-reactive ketones (excluding diaryl/α,β-unsaturated/α-hetero) is 1. The van der Waals surface area contributed by atoms with Gasteiger partial charge in [0.1, 0.15) is 0 Å². The molecule has 84 valence electrons. The Balaban J connectivity index is 2.94. The third-order valence-corrected chi connectivity index (χ3v) is 2.26. The smallest absolute Gasteiger partial charge is 0.372 e. The first-order chi connectivity index (χ1) is 7.43. The number of aliphatic carboxylic acids is 1. The van der Waals surface area contributed by atoms with E-state index in [-0.39, 0.29) is 5.56 Å². The standard InChI is InChI=1S/C11H10O5/c1-6(9(12)11(15)16)7-2-4-8(5-3-7)10(13)14/h2-6H,1H3,(H,13,14)(H,15,16). The van der Waals surface area contributed by atoms with Crippen molar-refractivity contribution >= 4 is 17.7 Å². The topological polar surface area (TPSA) is 91.7 Å². The molecule has 0 aromatic heterocycles. The van der Waals surface area contributed by atoms with Crippen LogP contribution in [0.1, 0.15) is 28.8 Å². The molecular formula is C11H10O5. The zero-order valence-electron chi connectivity index (χ0n) is 8.51. The zero-order chi connectivity index (χ0) is 12.3. The molecule has 1 atom stereocenters. The molecule has 0 heterocycles. The van der Waals surface area contributed by atoms with Crippen molar-refractivity contribution < 1.29 is 24.6 Å². The third kappa shape index (κ3) is 2.44. The average molecular weight is 222 g/mol. The van der Waals surface area contributed by atoms with Gasteiger partial charge in [-0.3, -0.25) is 4.79 Å². The highest BCUT2D eigenvalue weighted by Crippen LogP contribution is 2.17. The second-order valence-electron chi connectivity index (χ2n) is 3.32. The van der Waals surface area contributed by atoms with E-state index in [0.29, 0.717) is 5.56 Å². The van der Waals surface area contributed by atoms with E-state index in [1.165, 1.54) is 31.2 Å². The normalized spacial score (nSPS) is 11.8. The van der Waals surface area contributed by atoms with E-state index in [4.69, 9.17) is 10.2 Å². The van der Waals surface area contributed by atoms with Gasteiger partial charge in [0, 0.05) is 0 Å². The Bertz CT molecular complexity index is 432. The monoisotopic (exact) mass is 222 g/mol. The number of carbonyl (C=O) groups excluding carboxylic acids is 1. The molecule has 2 N–H and O–H groups in total. The van der Waals surface area contributed by atoms with Crippen molar-refractivity contribution in [1.82, 2.24) is 0 Å². The quantitative estimate of drug-likeness (QED) is 0.745. The fourth-order valence-corrected chi connectivity index (χ4v) is 1.25. The van der Waals surface area contributed by atoms with Crippen LogP contribution in [0.25, 0.3) is 0 Å².